The van der Waals surface area contributed by atoms with Crippen LogP contribution in [0.5, 0.6) is 0 Å². The van der Waals surface area contributed by atoms with E-state index in [-0.39, 0.29) is 29.3 Å². The van der Waals surface area contributed by atoms with Gasteiger partial charge in [-0.3, -0.25) is 14.5 Å². The Hall–Kier alpha value is -2.41. The molecule has 30 heavy (non-hydrogen) atoms. The molecule has 0 spiro atoms. The van der Waals surface area contributed by atoms with Gasteiger partial charge >= 0.3 is 0 Å². The number of halogens is 1. The molecule has 0 aliphatic carbocycles. The van der Waals surface area contributed by atoms with Crippen LogP contribution in [0.4, 0.5) is 10.1 Å². The first-order valence-corrected chi connectivity index (χ1v) is 10.8. The minimum Gasteiger partial charge on any atom is -0.481 e. The Morgan fingerprint density at radius 1 is 1.13 bits per heavy atom. The predicted octanol–water partition coefficient (Wildman–Crippen LogP) is 2.59. The van der Waals surface area contributed by atoms with E-state index in [4.69, 9.17) is 4.74 Å². The highest BCUT2D eigenvalue weighted by molar-refractivity contribution is 6.01. The zero-order valence-electron chi connectivity index (χ0n) is 17.8. The first-order chi connectivity index (χ1) is 14.3. The number of carbonyl (C=O) groups excluding carboxylic acids is 2. The van der Waals surface area contributed by atoms with Crippen LogP contribution in [0.3, 0.4) is 0 Å². The van der Waals surface area contributed by atoms with Crippen LogP contribution in [0.15, 0.2) is 36.1 Å². The van der Waals surface area contributed by atoms with Gasteiger partial charge in [0.05, 0.1) is 5.69 Å². The van der Waals surface area contributed by atoms with Crippen molar-refractivity contribution >= 4 is 17.4 Å². The number of piperidine rings is 1. The van der Waals surface area contributed by atoms with Crippen LogP contribution in [-0.2, 0) is 14.3 Å². The molecule has 1 atom stereocenters. The van der Waals surface area contributed by atoms with Gasteiger partial charge in [-0.15, -0.1) is 0 Å². The molecule has 0 unspecified atom stereocenters. The summed E-state index contributed by atoms with van der Waals surface area (Å²) in [5.74, 6) is -0.266. The second-order valence-corrected chi connectivity index (χ2v) is 9.04. The lowest BCUT2D eigenvalue weighted by molar-refractivity contribution is -0.139. The van der Waals surface area contributed by atoms with Crippen molar-refractivity contribution < 1.29 is 18.7 Å². The van der Waals surface area contributed by atoms with Gasteiger partial charge in [0.25, 0.3) is 5.91 Å². The van der Waals surface area contributed by atoms with Crippen LogP contribution in [-0.4, -0.2) is 72.4 Å². The molecule has 1 aromatic rings. The van der Waals surface area contributed by atoms with Crippen molar-refractivity contribution in [3.8, 4) is 0 Å². The Morgan fingerprint density at radius 3 is 2.57 bits per heavy atom. The minimum absolute atomic E-state index is 0.0626. The van der Waals surface area contributed by atoms with Gasteiger partial charge in [0.1, 0.15) is 11.4 Å². The fourth-order valence-corrected chi connectivity index (χ4v) is 4.71. The molecule has 2 fully saturated rings. The molecule has 0 aromatic heterocycles. The summed E-state index contributed by atoms with van der Waals surface area (Å²) < 4.78 is 19.9. The van der Waals surface area contributed by atoms with Crippen LogP contribution in [0.1, 0.15) is 33.1 Å². The first-order valence-electron chi connectivity index (χ1n) is 10.8. The number of hydrogen-bond acceptors (Lipinski definition) is 5. The summed E-state index contributed by atoms with van der Waals surface area (Å²) >= 11 is 0. The van der Waals surface area contributed by atoms with E-state index < -0.39 is 5.60 Å². The fourth-order valence-electron chi connectivity index (χ4n) is 4.71. The number of hydrogen-bond donors (Lipinski definition) is 0. The van der Waals surface area contributed by atoms with Crippen molar-refractivity contribution in [2.45, 2.75) is 44.8 Å². The number of amides is 1. The maximum Gasteiger partial charge on any atom is 0.289 e. The standard InChI is InChI=1S/C23H30FN3O3/c1-23(2)15-18(28)14-21(30-23)22(29)27-9-5-6-17(16-27)25-10-12-26(13-11-25)20-8-4-3-7-19(20)24/h3-4,7-8,14,17H,5-6,9-13,15-16H2,1-2H3/t17-/m0/s1. The van der Waals surface area contributed by atoms with Crippen LogP contribution in [0, 0.1) is 5.82 Å². The van der Waals surface area contributed by atoms with Crippen LogP contribution >= 0.6 is 0 Å². The Kier molecular flexibility index (Phi) is 5.82. The van der Waals surface area contributed by atoms with E-state index in [0.29, 0.717) is 25.2 Å². The molecule has 4 rings (SSSR count). The third kappa shape index (κ3) is 4.51. The molecule has 0 N–H and O–H groups in total. The van der Waals surface area contributed by atoms with Crippen molar-refractivity contribution in [3.63, 3.8) is 0 Å². The van der Waals surface area contributed by atoms with Crippen LogP contribution in [0.25, 0.3) is 0 Å². The minimum atomic E-state index is -0.644. The Balaban J connectivity index is 1.36. The number of para-hydroxylation sites is 1. The molecule has 6 nitrogen and oxygen atoms in total. The molecule has 3 aliphatic heterocycles. The van der Waals surface area contributed by atoms with Gasteiger partial charge in [0.2, 0.25) is 0 Å². The summed E-state index contributed by atoms with van der Waals surface area (Å²) in [6, 6.07) is 7.18. The number of nitrogens with zero attached hydrogens (tertiary/aromatic N) is 3. The van der Waals surface area contributed by atoms with E-state index in [9.17, 15) is 14.0 Å². The summed E-state index contributed by atoms with van der Waals surface area (Å²) in [6.45, 7) is 8.19. The average molecular weight is 416 g/mol. The number of piperazine rings is 1. The topological polar surface area (TPSA) is 53.1 Å². The number of ether oxygens (including phenoxy) is 1. The van der Waals surface area contributed by atoms with Gasteiger partial charge in [-0.1, -0.05) is 12.1 Å². The van der Waals surface area contributed by atoms with Gasteiger partial charge in [-0.05, 0) is 38.8 Å². The summed E-state index contributed by atoms with van der Waals surface area (Å²) in [5.41, 5.74) is 0.0148. The summed E-state index contributed by atoms with van der Waals surface area (Å²) in [5, 5.41) is 0. The van der Waals surface area contributed by atoms with Crippen molar-refractivity contribution in [1.82, 2.24) is 9.80 Å². The van der Waals surface area contributed by atoms with E-state index in [1.54, 1.807) is 6.07 Å². The van der Waals surface area contributed by atoms with E-state index in [1.165, 1.54) is 12.1 Å². The Labute approximate surface area is 177 Å². The molecule has 2 saturated heterocycles. The van der Waals surface area contributed by atoms with Gasteiger partial charge < -0.3 is 14.5 Å². The number of allylic oxidation sites excluding steroid dienone is 1. The van der Waals surface area contributed by atoms with Crippen LogP contribution in [0.2, 0.25) is 0 Å². The lowest BCUT2D eigenvalue weighted by Crippen LogP contribution is -2.56. The Morgan fingerprint density at radius 2 is 1.87 bits per heavy atom. The first kappa shape index (κ1) is 20.8. The molecule has 1 amide bonds. The number of rotatable bonds is 3. The molecular formula is C23H30FN3O3. The second kappa shape index (κ2) is 8.38. The molecule has 3 heterocycles. The molecule has 3 aliphatic rings. The van der Waals surface area contributed by atoms with E-state index in [1.807, 2.05) is 30.9 Å². The molecular weight excluding hydrogens is 385 g/mol. The smallest absolute Gasteiger partial charge is 0.289 e. The van der Waals surface area contributed by atoms with Crippen LogP contribution < -0.4 is 4.90 Å². The zero-order chi connectivity index (χ0) is 21.3. The van der Waals surface area contributed by atoms with E-state index in [2.05, 4.69) is 9.80 Å². The van der Waals surface area contributed by atoms with Crippen molar-refractivity contribution in [3.05, 3.63) is 41.9 Å². The summed E-state index contributed by atoms with van der Waals surface area (Å²) in [7, 11) is 0. The maximum absolute atomic E-state index is 14.1. The van der Waals surface area contributed by atoms with E-state index >= 15 is 0 Å². The highest BCUT2D eigenvalue weighted by atomic mass is 19.1. The molecule has 0 bridgehead atoms. The summed E-state index contributed by atoms with van der Waals surface area (Å²) in [4.78, 5) is 31.3. The van der Waals surface area contributed by atoms with Gasteiger partial charge in [0, 0.05) is 57.8 Å². The van der Waals surface area contributed by atoms with Gasteiger partial charge in [-0.25, -0.2) is 4.39 Å². The predicted molar refractivity (Wildman–Crippen MR) is 113 cm³/mol. The number of ketones is 1. The summed E-state index contributed by atoms with van der Waals surface area (Å²) in [6.07, 6.45) is 3.60. The average Bonchev–Trinajstić information content (AvgIpc) is 2.72. The number of anilines is 1. The third-order valence-electron chi connectivity index (χ3n) is 6.20. The van der Waals surface area contributed by atoms with E-state index in [0.717, 1.165) is 39.0 Å². The monoisotopic (exact) mass is 415 g/mol. The molecule has 162 valence electrons. The normalized spacial score (nSPS) is 25.0. The van der Waals surface area contributed by atoms with Crippen molar-refractivity contribution in [1.29, 1.82) is 0 Å². The maximum atomic E-state index is 14.1. The van der Waals surface area contributed by atoms with Crippen molar-refractivity contribution in [2.24, 2.45) is 0 Å². The lowest BCUT2D eigenvalue weighted by atomic mass is 9.97. The highest BCUT2D eigenvalue weighted by Gasteiger charge is 2.36. The number of benzene rings is 1. The SMILES string of the molecule is CC1(C)CC(=O)C=C(C(=O)N2CCC[C@H](N3CCN(c4ccccc4F)CC3)C2)O1. The fraction of sp³-hybridized carbons (Fsp3) is 0.565. The second-order valence-electron chi connectivity index (χ2n) is 9.04. The number of likely N-dealkylation sites (tertiary alicyclic amines) is 1. The quantitative estimate of drug-likeness (QED) is 0.760. The van der Waals surface area contributed by atoms with Gasteiger partial charge in [0.15, 0.2) is 11.5 Å². The largest absolute Gasteiger partial charge is 0.481 e. The van der Waals surface area contributed by atoms with Crippen molar-refractivity contribution in [2.75, 3.05) is 44.2 Å². The molecule has 7 heteroatoms. The number of carbonyl (C=O) groups is 2. The van der Waals surface area contributed by atoms with Gasteiger partial charge in [-0.2, -0.15) is 0 Å². The third-order valence-corrected chi connectivity index (χ3v) is 6.20. The highest BCUT2D eigenvalue weighted by Crippen LogP contribution is 2.28. The lowest BCUT2D eigenvalue weighted by Gasteiger charge is -2.44. The Bertz CT molecular complexity index is 846. The molecule has 0 radical (unpaired) electrons. The zero-order valence-corrected chi connectivity index (χ0v) is 17.8. The molecule has 0 saturated carbocycles. The molecule has 1 aromatic carbocycles.